The Kier molecular flexibility index (Phi) is 3.42. The molecular formula is C9H14O3S2. The van der Waals surface area contributed by atoms with E-state index in [1.807, 2.05) is 11.8 Å². The predicted octanol–water partition coefficient (Wildman–Crippen LogP) is 1.86. The van der Waals surface area contributed by atoms with Crippen LogP contribution in [0.1, 0.15) is 19.8 Å². The third kappa shape index (κ3) is 2.45. The van der Waals surface area contributed by atoms with Gasteiger partial charge in [0.05, 0.1) is 17.8 Å². The minimum absolute atomic E-state index is 0.178. The van der Waals surface area contributed by atoms with Crippen LogP contribution in [0.5, 0.6) is 0 Å². The van der Waals surface area contributed by atoms with E-state index >= 15 is 0 Å². The fourth-order valence-corrected chi connectivity index (χ4v) is 4.52. The molecule has 0 N–H and O–H groups in total. The maximum atomic E-state index is 11.0. The molecule has 5 heteroatoms. The summed E-state index contributed by atoms with van der Waals surface area (Å²) in [6, 6.07) is 0. The van der Waals surface area contributed by atoms with Crippen molar-refractivity contribution in [2.75, 3.05) is 19.0 Å². The Morgan fingerprint density at radius 3 is 2.86 bits per heavy atom. The highest BCUT2D eigenvalue weighted by Gasteiger charge is 2.42. The monoisotopic (exact) mass is 234 g/mol. The molecule has 3 nitrogen and oxygen atoms in total. The topological polar surface area (TPSA) is 35.5 Å². The van der Waals surface area contributed by atoms with Gasteiger partial charge in [-0.05, 0) is 5.75 Å². The van der Waals surface area contributed by atoms with E-state index < -0.39 is 0 Å². The molecule has 0 saturated carbocycles. The summed E-state index contributed by atoms with van der Waals surface area (Å²) >= 11 is 3.23. The first-order valence-electron chi connectivity index (χ1n) is 4.77. The summed E-state index contributed by atoms with van der Waals surface area (Å²) < 4.78 is 11.6. The number of ether oxygens (including phenoxy) is 2. The highest BCUT2D eigenvalue weighted by Crippen LogP contribution is 2.42. The molecule has 1 atom stereocenters. The SMILES string of the molecule is CC(=O)SC1CC2(CCS1)OCCO2. The molecule has 2 rings (SSSR count). The Morgan fingerprint density at radius 2 is 2.21 bits per heavy atom. The Hall–Kier alpha value is 0.290. The highest BCUT2D eigenvalue weighted by atomic mass is 32.2. The van der Waals surface area contributed by atoms with Crippen LogP contribution in [0, 0.1) is 0 Å². The van der Waals surface area contributed by atoms with Gasteiger partial charge in [-0.15, -0.1) is 11.8 Å². The van der Waals surface area contributed by atoms with Crippen LogP contribution in [0.25, 0.3) is 0 Å². The largest absolute Gasteiger partial charge is 0.347 e. The third-order valence-corrected chi connectivity index (χ3v) is 4.81. The van der Waals surface area contributed by atoms with Crippen molar-refractivity contribution in [3.63, 3.8) is 0 Å². The second kappa shape index (κ2) is 4.43. The quantitative estimate of drug-likeness (QED) is 0.692. The van der Waals surface area contributed by atoms with Crippen molar-refractivity contribution in [3.05, 3.63) is 0 Å². The van der Waals surface area contributed by atoms with Gasteiger partial charge in [0.2, 0.25) is 0 Å². The van der Waals surface area contributed by atoms with Crippen molar-refractivity contribution in [2.45, 2.75) is 30.1 Å². The van der Waals surface area contributed by atoms with E-state index in [0.717, 1.165) is 18.6 Å². The maximum Gasteiger partial charge on any atom is 0.186 e. The van der Waals surface area contributed by atoms with Crippen LogP contribution in [0.3, 0.4) is 0 Å². The molecule has 0 aromatic rings. The molecule has 0 bridgehead atoms. The summed E-state index contributed by atoms with van der Waals surface area (Å²) in [5, 5.41) is 0.178. The minimum atomic E-state index is -0.363. The second-order valence-corrected chi connectivity index (χ2v) is 6.46. The molecule has 1 unspecified atom stereocenters. The maximum absolute atomic E-state index is 11.0. The predicted molar refractivity (Wildman–Crippen MR) is 58.4 cm³/mol. The van der Waals surface area contributed by atoms with E-state index in [1.165, 1.54) is 11.8 Å². The molecule has 2 aliphatic heterocycles. The number of thioether (sulfide) groups is 2. The molecule has 2 aliphatic rings. The average molecular weight is 234 g/mol. The van der Waals surface area contributed by atoms with Crippen LogP contribution >= 0.6 is 23.5 Å². The number of carbonyl (C=O) groups is 1. The Bertz CT molecular complexity index is 226. The lowest BCUT2D eigenvalue weighted by Gasteiger charge is -2.34. The molecule has 0 aromatic heterocycles. The lowest BCUT2D eigenvalue weighted by atomic mass is 10.1. The number of rotatable bonds is 1. The first kappa shape index (κ1) is 10.8. The zero-order valence-corrected chi connectivity index (χ0v) is 9.79. The summed E-state index contributed by atoms with van der Waals surface area (Å²) in [5.41, 5.74) is 0. The van der Waals surface area contributed by atoms with Crippen molar-refractivity contribution in [1.29, 1.82) is 0 Å². The van der Waals surface area contributed by atoms with Crippen molar-refractivity contribution in [2.24, 2.45) is 0 Å². The number of carbonyl (C=O) groups excluding carboxylic acids is 1. The van der Waals surface area contributed by atoms with Gasteiger partial charge in [0.1, 0.15) is 0 Å². The van der Waals surface area contributed by atoms with Gasteiger partial charge in [0.25, 0.3) is 0 Å². The van der Waals surface area contributed by atoms with Crippen LogP contribution < -0.4 is 0 Å². The lowest BCUT2D eigenvalue weighted by molar-refractivity contribution is -0.161. The minimum Gasteiger partial charge on any atom is -0.347 e. The average Bonchev–Trinajstić information content (AvgIpc) is 2.52. The molecule has 80 valence electrons. The summed E-state index contributed by atoms with van der Waals surface area (Å²) in [4.78, 5) is 11.0. The first-order chi connectivity index (χ1) is 6.70. The Morgan fingerprint density at radius 1 is 1.50 bits per heavy atom. The van der Waals surface area contributed by atoms with Gasteiger partial charge in [-0.2, -0.15) is 0 Å². The lowest BCUT2D eigenvalue weighted by Crippen LogP contribution is -2.37. The van der Waals surface area contributed by atoms with Gasteiger partial charge < -0.3 is 9.47 Å². The smallest absolute Gasteiger partial charge is 0.186 e. The van der Waals surface area contributed by atoms with Crippen LogP contribution in [0.15, 0.2) is 0 Å². The normalized spacial score (nSPS) is 30.8. The summed E-state index contributed by atoms with van der Waals surface area (Å²) in [7, 11) is 0. The molecule has 0 amide bonds. The van der Waals surface area contributed by atoms with E-state index in [2.05, 4.69) is 0 Å². The molecule has 0 radical (unpaired) electrons. The molecule has 0 aliphatic carbocycles. The molecule has 2 saturated heterocycles. The second-order valence-electron chi connectivity index (χ2n) is 3.47. The van der Waals surface area contributed by atoms with Crippen LogP contribution in [-0.2, 0) is 14.3 Å². The molecule has 0 aromatic carbocycles. The summed E-state index contributed by atoms with van der Waals surface area (Å²) in [6.07, 6.45) is 1.79. The number of hydrogen-bond donors (Lipinski definition) is 0. The zero-order chi connectivity index (χ0) is 10.0. The Balaban J connectivity index is 1.93. The van der Waals surface area contributed by atoms with Crippen molar-refractivity contribution in [1.82, 2.24) is 0 Å². The van der Waals surface area contributed by atoms with Crippen LogP contribution in [-0.4, -0.2) is 34.5 Å². The summed E-state index contributed by atoms with van der Waals surface area (Å²) in [6.45, 7) is 3.01. The Labute approximate surface area is 92.3 Å². The third-order valence-electron chi connectivity index (χ3n) is 2.38. The van der Waals surface area contributed by atoms with Crippen molar-refractivity contribution in [3.8, 4) is 0 Å². The standard InChI is InChI=1S/C9H14O3S2/c1-7(10)14-8-6-9(2-5-13-8)11-3-4-12-9/h8H,2-6H2,1H3. The molecule has 2 heterocycles. The fraction of sp³-hybridized carbons (Fsp3) is 0.889. The van der Waals surface area contributed by atoms with E-state index in [-0.39, 0.29) is 10.9 Å². The van der Waals surface area contributed by atoms with Gasteiger partial charge in [0, 0.05) is 19.8 Å². The highest BCUT2D eigenvalue weighted by molar-refractivity contribution is 8.24. The van der Waals surface area contributed by atoms with E-state index in [9.17, 15) is 4.79 Å². The van der Waals surface area contributed by atoms with Crippen LogP contribution in [0.4, 0.5) is 0 Å². The van der Waals surface area contributed by atoms with E-state index in [0.29, 0.717) is 17.8 Å². The molecule has 14 heavy (non-hydrogen) atoms. The van der Waals surface area contributed by atoms with E-state index in [4.69, 9.17) is 9.47 Å². The van der Waals surface area contributed by atoms with Crippen molar-refractivity contribution >= 4 is 28.6 Å². The van der Waals surface area contributed by atoms with Gasteiger partial charge in [-0.25, -0.2) is 0 Å². The van der Waals surface area contributed by atoms with E-state index in [1.54, 1.807) is 6.92 Å². The number of hydrogen-bond acceptors (Lipinski definition) is 5. The molecule has 1 spiro atoms. The van der Waals surface area contributed by atoms with Gasteiger partial charge in [0.15, 0.2) is 10.9 Å². The fourth-order valence-electron chi connectivity index (χ4n) is 1.78. The first-order valence-corrected chi connectivity index (χ1v) is 6.70. The summed E-state index contributed by atoms with van der Waals surface area (Å²) in [5.74, 6) is 0.656. The zero-order valence-electron chi connectivity index (χ0n) is 8.15. The molecular weight excluding hydrogens is 220 g/mol. The van der Waals surface area contributed by atoms with Gasteiger partial charge in [-0.1, -0.05) is 11.8 Å². The van der Waals surface area contributed by atoms with Crippen LogP contribution in [0.2, 0.25) is 0 Å². The van der Waals surface area contributed by atoms with Gasteiger partial charge in [-0.3, -0.25) is 4.79 Å². The molecule has 2 fully saturated rings. The van der Waals surface area contributed by atoms with Gasteiger partial charge >= 0.3 is 0 Å². The van der Waals surface area contributed by atoms with Crippen molar-refractivity contribution < 1.29 is 14.3 Å².